The topological polar surface area (TPSA) is 21.3 Å². The van der Waals surface area contributed by atoms with Crippen LogP contribution in [-0.2, 0) is 24.5 Å². The molecule has 1 aromatic heterocycles. The van der Waals surface area contributed by atoms with E-state index in [0.29, 0.717) is 13.2 Å². The van der Waals surface area contributed by atoms with Crippen molar-refractivity contribution in [3.63, 3.8) is 0 Å². The van der Waals surface area contributed by atoms with Crippen LogP contribution in [0.4, 0.5) is 0 Å². The second kappa shape index (κ2) is 6.85. The first-order chi connectivity index (χ1) is 10.4. The van der Waals surface area contributed by atoms with Gasteiger partial charge in [-0.15, -0.1) is 11.3 Å². The van der Waals surface area contributed by atoms with Crippen LogP contribution in [0.3, 0.4) is 0 Å². The molecule has 0 saturated heterocycles. The molecule has 21 heavy (non-hydrogen) atoms. The fraction of sp³-hybridized carbons (Fsp3) is 0.222. The standard InChI is InChI=1S/C18H19NOS/c1-19-11-18-16(15-9-5-6-10-17(15)21-18)13-20-12-14-7-3-2-4-8-14/h2-10,19H,11-13H2,1H3. The zero-order valence-electron chi connectivity index (χ0n) is 12.1. The summed E-state index contributed by atoms with van der Waals surface area (Å²) < 4.78 is 7.27. The van der Waals surface area contributed by atoms with Crippen LogP contribution >= 0.6 is 11.3 Å². The van der Waals surface area contributed by atoms with E-state index in [2.05, 4.69) is 41.7 Å². The van der Waals surface area contributed by atoms with Gasteiger partial charge in [-0.05, 0) is 24.1 Å². The van der Waals surface area contributed by atoms with Gasteiger partial charge < -0.3 is 10.1 Å². The number of nitrogens with one attached hydrogen (secondary N) is 1. The molecular formula is C18H19NOS. The Morgan fingerprint density at radius 3 is 2.52 bits per heavy atom. The Morgan fingerprint density at radius 2 is 1.71 bits per heavy atom. The van der Waals surface area contributed by atoms with E-state index < -0.39 is 0 Å². The summed E-state index contributed by atoms with van der Waals surface area (Å²) in [5, 5.41) is 4.57. The molecule has 0 amide bonds. The Labute approximate surface area is 129 Å². The third-order valence-electron chi connectivity index (χ3n) is 3.48. The van der Waals surface area contributed by atoms with Gasteiger partial charge in [-0.25, -0.2) is 0 Å². The fourth-order valence-corrected chi connectivity index (χ4v) is 3.68. The molecule has 1 N–H and O–H groups in total. The van der Waals surface area contributed by atoms with Gasteiger partial charge in [0.15, 0.2) is 0 Å². The van der Waals surface area contributed by atoms with Gasteiger partial charge in [0.2, 0.25) is 0 Å². The van der Waals surface area contributed by atoms with Crippen molar-refractivity contribution in [1.82, 2.24) is 5.32 Å². The summed E-state index contributed by atoms with van der Waals surface area (Å²) in [5.41, 5.74) is 2.54. The number of fused-ring (bicyclic) bond motifs is 1. The molecule has 0 saturated carbocycles. The smallest absolute Gasteiger partial charge is 0.0738 e. The van der Waals surface area contributed by atoms with Crippen LogP contribution in [0.2, 0.25) is 0 Å². The molecule has 3 heteroatoms. The van der Waals surface area contributed by atoms with Crippen molar-refractivity contribution >= 4 is 21.4 Å². The maximum atomic E-state index is 5.94. The molecule has 0 atom stereocenters. The van der Waals surface area contributed by atoms with E-state index in [9.17, 15) is 0 Å². The quantitative estimate of drug-likeness (QED) is 0.731. The van der Waals surface area contributed by atoms with E-state index in [0.717, 1.165) is 6.54 Å². The largest absolute Gasteiger partial charge is 0.372 e. The second-order valence-corrected chi connectivity index (χ2v) is 6.15. The van der Waals surface area contributed by atoms with E-state index in [-0.39, 0.29) is 0 Å². The number of rotatable bonds is 6. The minimum absolute atomic E-state index is 0.657. The highest BCUT2D eigenvalue weighted by Crippen LogP contribution is 2.31. The number of hydrogen-bond acceptors (Lipinski definition) is 3. The van der Waals surface area contributed by atoms with Gasteiger partial charge in [0, 0.05) is 21.7 Å². The van der Waals surface area contributed by atoms with Crippen LogP contribution in [0.1, 0.15) is 16.0 Å². The van der Waals surface area contributed by atoms with Crippen molar-refractivity contribution in [3.05, 3.63) is 70.6 Å². The minimum atomic E-state index is 0.657. The van der Waals surface area contributed by atoms with Crippen LogP contribution < -0.4 is 5.32 Å². The van der Waals surface area contributed by atoms with Gasteiger partial charge in [0.05, 0.1) is 13.2 Å². The zero-order valence-corrected chi connectivity index (χ0v) is 13.0. The van der Waals surface area contributed by atoms with Crippen molar-refractivity contribution < 1.29 is 4.74 Å². The summed E-state index contributed by atoms with van der Waals surface area (Å²) in [5.74, 6) is 0. The van der Waals surface area contributed by atoms with E-state index in [4.69, 9.17) is 4.74 Å². The van der Waals surface area contributed by atoms with Crippen molar-refractivity contribution in [2.75, 3.05) is 7.05 Å². The molecule has 3 rings (SSSR count). The van der Waals surface area contributed by atoms with Gasteiger partial charge in [-0.1, -0.05) is 48.5 Å². The van der Waals surface area contributed by atoms with Gasteiger partial charge in [0.25, 0.3) is 0 Å². The number of hydrogen-bond donors (Lipinski definition) is 1. The Morgan fingerprint density at radius 1 is 0.952 bits per heavy atom. The Hall–Kier alpha value is -1.68. The predicted molar refractivity (Wildman–Crippen MR) is 89.5 cm³/mol. The molecule has 0 aliphatic carbocycles. The second-order valence-electron chi connectivity index (χ2n) is 5.01. The molecule has 0 aliphatic heterocycles. The van der Waals surface area contributed by atoms with Crippen LogP contribution in [0.5, 0.6) is 0 Å². The lowest BCUT2D eigenvalue weighted by Gasteiger charge is -2.07. The molecule has 1 heterocycles. The monoisotopic (exact) mass is 297 g/mol. The molecule has 3 aromatic rings. The average molecular weight is 297 g/mol. The molecule has 0 bridgehead atoms. The number of benzene rings is 2. The summed E-state index contributed by atoms with van der Waals surface area (Å²) in [4.78, 5) is 1.37. The molecule has 0 radical (unpaired) electrons. The maximum absolute atomic E-state index is 5.94. The SMILES string of the molecule is CNCc1sc2ccccc2c1COCc1ccccc1. The van der Waals surface area contributed by atoms with Crippen molar-refractivity contribution in [3.8, 4) is 0 Å². The predicted octanol–water partition coefficient (Wildman–Crippen LogP) is 4.34. The van der Waals surface area contributed by atoms with Crippen LogP contribution in [0.15, 0.2) is 54.6 Å². The lowest BCUT2D eigenvalue weighted by atomic mass is 10.1. The molecule has 0 aliphatic rings. The van der Waals surface area contributed by atoms with E-state index in [1.165, 1.54) is 26.1 Å². The Bertz CT molecular complexity index is 706. The highest BCUT2D eigenvalue weighted by Gasteiger charge is 2.11. The van der Waals surface area contributed by atoms with Crippen molar-refractivity contribution in [1.29, 1.82) is 0 Å². The summed E-state index contributed by atoms with van der Waals surface area (Å²) in [7, 11) is 1.99. The number of ether oxygens (including phenoxy) is 1. The van der Waals surface area contributed by atoms with E-state index >= 15 is 0 Å². The normalized spacial score (nSPS) is 11.1. The van der Waals surface area contributed by atoms with Gasteiger partial charge in [0.1, 0.15) is 0 Å². The molecule has 0 fully saturated rings. The number of thiophene rings is 1. The molecule has 108 valence electrons. The van der Waals surface area contributed by atoms with Crippen LogP contribution in [0, 0.1) is 0 Å². The molecular weight excluding hydrogens is 278 g/mol. The first kappa shape index (κ1) is 14.3. The van der Waals surface area contributed by atoms with E-state index in [1.54, 1.807) is 0 Å². The lowest BCUT2D eigenvalue weighted by molar-refractivity contribution is 0.107. The molecule has 0 unspecified atom stereocenters. The van der Waals surface area contributed by atoms with Gasteiger partial charge in [-0.3, -0.25) is 0 Å². The fourth-order valence-electron chi connectivity index (χ4n) is 2.46. The Balaban J connectivity index is 1.77. The minimum Gasteiger partial charge on any atom is -0.372 e. The van der Waals surface area contributed by atoms with E-state index in [1.807, 2.05) is 36.6 Å². The average Bonchev–Trinajstić information content (AvgIpc) is 2.87. The third kappa shape index (κ3) is 3.32. The Kier molecular flexibility index (Phi) is 4.65. The van der Waals surface area contributed by atoms with Crippen molar-refractivity contribution in [2.45, 2.75) is 19.8 Å². The van der Waals surface area contributed by atoms with Gasteiger partial charge >= 0.3 is 0 Å². The highest BCUT2D eigenvalue weighted by molar-refractivity contribution is 7.19. The lowest BCUT2D eigenvalue weighted by Crippen LogP contribution is -2.06. The first-order valence-electron chi connectivity index (χ1n) is 7.14. The molecule has 2 nitrogen and oxygen atoms in total. The summed E-state index contributed by atoms with van der Waals surface area (Å²) in [6.07, 6.45) is 0. The maximum Gasteiger partial charge on any atom is 0.0738 e. The third-order valence-corrected chi connectivity index (χ3v) is 4.69. The van der Waals surface area contributed by atoms with Gasteiger partial charge in [-0.2, -0.15) is 0 Å². The van der Waals surface area contributed by atoms with Crippen LogP contribution in [-0.4, -0.2) is 7.05 Å². The summed E-state index contributed by atoms with van der Waals surface area (Å²) in [6, 6.07) is 18.9. The van der Waals surface area contributed by atoms with Crippen molar-refractivity contribution in [2.24, 2.45) is 0 Å². The summed E-state index contributed by atoms with van der Waals surface area (Å²) >= 11 is 1.85. The highest BCUT2D eigenvalue weighted by atomic mass is 32.1. The molecule has 0 spiro atoms. The summed E-state index contributed by atoms with van der Waals surface area (Å²) in [6.45, 7) is 2.21. The molecule has 2 aromatic carbocycles. The first-order valence-corrected chi connectivity index (χ1v) is 7.95. The zero-order chi connectivity index (χ0) is 14.5. The van der Waals surface area contributed by atoms with Crippen LogP contribution in [0.25, 0.3) is 10.1 Å².